The molecule has 5 heteroatoms. The molecule has 0 amide bonds. The van der Waals surface area contributed by atoms with Crippen molar-refractivity contribution < 1.29 is 4.52 Å². The molecule has 1 fully saturated rings. The molecular weight excluding hydrogens is 204 g/mol. The van der Waals surface area contributed by atoms with Crippen LogP contribution in [0.15, 0.2) is 4.52 Å². The van der Waals surface area contributed by atoms with Crippen molar-refractivity contribution in [1.29, 1.82) is 0 Å². The summed E-state index contributed by atoms with van der Waals surface area (Å²) >= 11 is 0. The van der Waals surface area contributed by atoms with Crippen molar-refractivity contribution in [2.45, 2.75) is 32.7 Å². The van der Waals surface area contributed by atoms with Gasteiger partial charge in [-0.05, 0) is 6.42 Å². The number of aryl methyl sites for hydroxylation is 1. The number of aromatic nitrogens is 2. The summed E-state index contributed by atoms with van der Waals surface area (Å²) in [4.78, 5) is 6.74. The molecule has 0 spiro atoms. The highest BCUT2D eigenvalue weighted by molar-refractivity contribution is 4.87. The van der Waals surface area contributed by atoms with Crippen LogP contribution in [0.2, 0.25) is 0 Å². The molecule has 0 radical (unpaired) electrons. The van der Waals surface area contributed by atoms with Crippen LogP contribution in [0.25, 0.3) is 0 Å². The van der Waals surface area contributed by atoms with Crippen LogP contribution in [0.3, 0.4) is 0 Å². The average Bonchev–Trinajstić information content (AvgIpc) is 2.75. The number of rotatable bonds is 5. The van der Waals surface area contributed by atoms with Crippen LogP contribution in [-0.4, -0.2) is 41.2 Å². The first-order valence-corrected chi connectivity index (χ1v) is 6.13. The Morgan fingerprint density at radius 3 is 2.94 bits per heavy atom. The standard InChI is InChI=1S/C11H20N4O/c1-2-3-4-10-13-11(16-14-10)9-15-7-5-12-6-8-15/h12H,2-9H2,1H3. The van der Waals surface area contributed by atoms with E-state index in [1.807, 2.05) is 0 Å². The number of nitrogens with zero attached hydrogens (tertiary/aromatic N) is 3. The van der Waals surface area contributed by atoms with Crippen LogP contribution in [0, 0.1) is 0 Å². The topological polar surface area (TPSA) is 54.2 Å². The first kappa shape index (κ1) is 11.5. The minimum absolute atomic E-state index is 0.757. The minimum atomic E-state index is 0.757. The van der Waals surface area contributed by atoms with Gasteiger partial charge in [0.1, 0.15) is 0 Å². The summed E-state index contributed by atoms with van der Waals surface area (Å²) in [5.74, 6) is 1.61. The molecule has 16 heavy (non-hydrogen) atoms. The maximum Gasteiger partial charge on any atom is 0.240 e. The van der Waals surface area contributed by atoms with E-state index >= 15 is 0 Å². The molecule has 1 aliphatic rings. The van der Waals surface area contributed by atoms with E-state index in [-0.39, 0.29) is 0 Å². The van der Waals surface area contributed by atoms with Gasteiger partial charge >= 0.3 is 0 Å². The second-order valence-electron chi connectivity index (χ2n) is 4.23. The van der Waals surface area contributed by atoms with E-state index < -0.39 is 0 Å². The maximum atomic E-state index is 5.24. The maximum absolute atomic E-state index is 5.24. The fraction of sp³-hybridized carbons (Fsp3) is 0.818. The highest BCUT2D eigenvalue weighted by Gasteiger charge is 2.13. The van der Waals surface area contributed by atoms with Gasteiger partial charge in [-0.25, -0.2) is 0 Å². The zero-order valence-electron chi connectivity index (χ0n) is 9.91. The Morgan fingerprint density at radius 1 is 1.38 bits per heavy atom. The Kier molecular flexibility index (Phi) is 4.30. The van der Waals surface area contributed by atoms with Crippen LogP contribution in [0.4, 0.5) is 0 Å². The molecule has 1 aromatic heterocycles. The molecule has 5 nitrogen and oxygen atoms in total. The summed E-state index contributed by atoms with van der Waals surface area (Å²) in [7, 11) is 0. The Hall–Kier alpha value is -0.940. The summed E-state index contributed by atoms with van der Waals surface area (Å²) in [6.07, 6.45) is 3.23. The lowest BCUT2D eigenvalue weighted by molar-refractivity contribution is 0.203. The minimum Gasteiger partial charge on any atom is -0.338 e. The molecule has 0 unspecified atom stereocenters. The van der Waals surface area contributed by atoms with E-state index in [9.17, 15) is 0 Å². The molecule has 1 aliphatic heterocycles. The number of hydrogen-bond donors (Lipinski definition) is 1. The predicted octanol–water partition coefficient (Wildman–Crippen LogP) is 0.817. The van der Waals surface area contributed by atoms with Gasteiger partial charge in [-0.15, -0.1) is 0 Å². The molecule has 1 aromatic rings. The van der Waals surface area contributed by atoms with Crippen molar-refractivity contribution in [3.05, 3.63) is 11.7 Å². The fourth-order valence-corrected chi connectivity index (χ4v) is 1.85. The molecule has 0 atom stereocenters. The molecule has 0 bridgehead atoms. The average molecular weight is 224 g/mol. The van der Waals surface area contributed by atoms with Crippen molar-refractivity contribution in [2.75, 3.05) is 26.2 Å². The second-order valence-corrected chi connectivity index (χ2v) is 4.23. The van der Waals surface area contributed by atoms with Crippen molar-refractivity contribution in [2.24, 2.45) is 0 Å². The molecule has 1 N–H and O–H groups in total. The van der Waals surface area contributed by atoms with Gasteiger partial charge in [0.2, 0.25) is 5.89 Å². The molecule has 0 aliphatic carbocycles. The van der Waals surface area contributed by atoms with Crippen molar-refractivity contribution in [1.82, 2.24) is 20.4 Å². The summed E-state index contributed by atoms with van der Waals surface area (Å²) in [6, 6.07) is 0. The SMILES string of the molecule is CCCCc1noc(CN2CCNCC2)n1. The van der Waals surface area contributed by atoms with E-state index in [1.165, 1.54) is 6.42 Å². The lowest BCUT2D eigenvalue weighted by Gasteiger charge is -2.25. The number of nitrogens with one attached hydrogen (secondary N) is 1. The largest absolute Gasteiger partial charge is 0.338 e. The molecular formula is C11H20N4O. The van der Waals surface area contributed by atoms with E-state index in [1.54, 1.807) is 0 Å². The van der Waals surface area contributed by atoms with Gasteiger partial charge in [-0.2, -0.15) is 4.98 Å². The third-order valence-corrected chi connectivity index (χ3v) is 2.83. The lowest BCUT2D eigenvalue weighted by Crippen LogP contribution is -2.42. The van der Waals surface area contributed by atoms with Gasteiger partial charge in [0, 0.05) is 32.6 Å². The lowest BCUT2D eigenvalue weighted by atomic mass is 10.2. The zero-order chi connectivity index (χ0) is 11.2. The monoisotopic (exact) mass is 224 g/mol. The van der Waals surface area contributed by atoms with Gasteiger partial charge in [-0.1, -0.05) is 18.5 Å². The van der Waals surface area contributed by atoms with E-state index in [0.29, 0.717) is 0 Å². The van der Waals surface area contributed by atoms with Gasteiger partial charge in [0.25, 0.3) is 0 Å². The summed E-state index contributed by atoms with van der Waals surface area (Å²) in [6.45, 7) is 7.19. The third-order valence-electron chi connectivity index (χ3n) is 2.83. The van der Waals surface area contributed by atoms with Gasteiger partial charge in [0.05, 0.1) is 6.54 Å². The zero-order valence-corrected chi connectivity index (χ0v) is 9.91. The van der Waals surface area contributed by atoms with Crippen LogP contribution < -0.4 is 5.32 Å². The van der Waals surface area contributed by atoms with Crippen molar-refractivity contribution >= 4 is 0 Å². The van der Waals surface area contributed by atoms with Crippen LogP contribution in [-0.2, 0) is 13.0 Å². The highest BCUT2D eigenvalue weighted by Crippen LogP contribution is 2.05. The smallest absolute Gasteiger partial charge is 0.240 e. The van der Waals surface area contributed by atoms with Crippen molar-refractivity contribution in [3.8, 4) is 0 Å². The second kappa shape index (κ2) is 5.96. The Morgan fingerprint density at radius 2 is 2.19 bits per heavy atom. The molecule has 0 aromatic carbocycles. The Bertz CT molecular complexity index is 307. The highest BCUT2D eigenvalue weighted by atomic mass is 16.5. The molecule has 2 heterocycles. The first-order valence-electron chi connectivity index (χ1n) is 6.13. The fourth-order valence-electron chi connectivity index (χ4n) is 1.85. The summed E-state index contributed by atoms with van der Waals surface area (Å²) in [5.41, 5.74) is 0. The van der Waals surface area contributed by atoms with E-state index in [4.69, 9.17) is 4.52 Å². The van der Waals surface area contributed by atoms with Gasteiger partial charge < -0.3 is 9.84 Å². The summed E-state index contributed by atoms with van der Waals surface area (Å²) in [5, 5.41) is 7.32. The van der Waals surface area contributed by atoms with Gasteiger partial charge in [0.15, 0.2) is 5.82 Å². The van der Waals surface area contributed by atoms with E-state index in [0.717, 1.165) is 57.3 Å². The third kappa shape index (κ3) is 3.28. The molecule has 1 saturated heterocycles. The molecule has 90 valence electrons. The molecule has 2 rings (SSSR count). The van der Waals surface area contributed by atoms with Gasteiger partial charge in [-0.3, -0.25) is 4.90 Å². The molecule has 0 saturated carbocycles. The normalized spacial score (nSPS) is 17.8. The van der Waals surface area contributed by atoms with Crippen LogP contribution >= 0.6 is 0 Å². The first-order chi connectivity index (χ1) is 7.88. The quantitative estimate of drug-likeness (QED) is 0.802. The van der Waals surface area contributed by atoms with Crippen molar-refractivity contribution in [3.63, 3.8) is 0 Å². The van der Waals surface area contributed by atoms with Crippen LogP contribution in [0.1, 0.15) is 31.5 Å². The predicted molar refractivity (Wildman–Crippen MR) is 61.1 cm³/mol. The van der Waals surface area contributed by atoms with Crippen LogP contribution in [0.5, 0.6) is 0 Å². The summed E-state index contributed by atoms with van der Waals surface area (Å²) < 4.78 is 5.24. The van der Waals surface area contributed by atoms with E-state index in [2.05, 4.69) is 27.3 Å². The Balaban J connectivity index is 1.81. The number of unbranched alkanes of at least 4 members (excludes halogenated alkanes) is 1. The number of hydrogen-bond acceptors (Lipinski definition) is 5. The Labute approximate surface area is 96.2 Å². The number of piperazine rings is 1.